The zero-order valence-corrected chi connectivity index (χ0v) is 6.67. The minimum absolute atomic E-state index is 0.0346. The van der Waals surface area contributed by atoms with E-state index in [1.807, 2.05) is 0 Å². The third-order valence-electron chi connectivity index (χ3n) is 1.24. The summed E-state index contributed by atoms with van der Waals surface area (Å²) in [7, 11) is 0. The average Bonchev–Trinajstić information content (AvgIpc) is 2.05. The molecule has 0 radical (unpaired) electrons. The normalized spacial score (nSPS) is 9.00. The standard InChI is InChI=1S/C8H4ClNO2/c1-2-5-3-6(8(11)12)4-10-7(5)9/h1,3-4H,(H,11,12). The molecule has 0 saturated carbocycles. The van der Waals surface area contributed by atoms with Crippen molar-refractivity contribution in [3.05, 3.63) is 28.5 Å². The number of nitrogens with zero attached hydrogens (tertiary/aromatic N) is 1. The zero-order valence-electron chi connectivity index (χ0n) is 5.91. The van der Waals surface area contributed by atoms with Crippen molar-refractivity contribution >= 4 is 17.6 Å². The molecule has 1 aromatic rings. The maximum atomic E-state index is 10.4. The Bertz CT molecular complexity index is 368. The molecule has 0 unspecified atom stereocenters. The molecule has 0 aliphatic carbocycles. The van der Waals surface area contributed by atoms with Crippen molar-refractivity contribution in [1.29, 1.82) is 0 Å². The van der Waals surface area contributed by atoms with E-state index in [1.54, 1.807) is 0 Å². The van der Waals surface area contributed by atoms with Gasteiger partial charge in [-0.15, -0.1) is 6.42 Å². The van der Waals surface area contributed by atoms with Crippen LogP contribution in [0.15, 0.2) is 12.3 Å². The fraction of sp³-hybridized carbons (Fsp3) is 0. The molecule has 0 aliphatic heterocycles. The number of rotatable bonds is 1. The molecule has 0 saturated heterocycles. The SMILES string of the molecule is C#Cc1cc(C(=O)O)cnc1Cl. The summed E-state index contributed by atoms with van der Waals surface area (Å²) in [6.07, 6.45) is 6.21. The van der Waals surface area contributed by atoms with Crippen molar-refractivity contribution < 1.29 is 9.90 Å². The van der Waals surface area contributed by atoms with Gasteiger partial charge in [-0.3, -0.25) is 0 Å². The Labute approximate surface area is 74.0 Å². The van der Waals surface area contributed by atoms with Gasteiger partial charge in [-0.25, -0.2) is 9.78 Å². The Kier molecular flexibility index (Phi) is 2.32. The summed E-state index contributed by atoms with van der Waals surface area (Å²) in [5, 5.41) is 8.69. The molecule has 0 aromatic carbocycles. The van der Waals surface area contributed by atoms with Gasteiger partial charge >= 0.3 is 5.97 Å². The highest BCUT2D eigenvalue weighted by Gasteiger charge is 2.06. The third kappa shape index (κ3) is 1.55. The van der Waals surface area contributed by atoms with E-state index in [0.29, 0.717) is 0 Å². The van der Waals surface area contributed by atoms with Crippen molar-refractivity contribution in [3.63, 3.8) is 0 Å². The second-order valence-corrected chi connectivity index (χ2v) is 2.37. The Morgan fingerprint density at radius 2 is 2.42 bits per heavy atom. The van der Waals surface area contributed by atoms with Crippen LogP contribution in [0.1, 0.15) is 15.9 Å². The summed E-state index contributed by atoms with van der Waals surface area (Å²) in [4.78, 5) is 14.0. The molecule has 12 heavy (non-hydrogen) atoms. The molecule has 60 valence electrons. The lowest BCUT2D eigenvalue weighted by atomic mass is 10.2. The van der Waals surface area contributed by atoms with Gasteiger partial charge in [-0.05, 0) is 6.07 Å². The summed E-state index contributed by atoms with van der Waals surface area (Å²) >= 11 is 5.55. The Balaban J connectivity index is 3.25. The van der Waals surface area contributed by atoms with Gasteiger partial charge in [0, 0.05) is 6.20 Å². The number of terminal acetylenes is 1. The molecule has 1 aromatic heterocycles. The van der Waals surface area contributed by atoms with E-state index in [-0.39, 0.29) is 16.3 Å². The number of carbonyl (C=O) groups is 1. The van der Waals surface area contributed by atoms with Crippen LogP contribution in [-0.2, 0) is 0 Å². The minimum Gasteiger partial charge on any atom is -0.478 e. The lowest BCUT2D eigenvalue weighted by Gasteiger charge is -1.96. The van der Waals surface area contributed by atoms with Crippen LogP contribution in [0.5, 0.6) is 0 Å². The zero-order chi connectivity index (χ0) is 9.14. The number of aromatic carboxylic acids is 1. The highest BCUT2D eigenvalue weighted by molar-refractivity contribution is 6.30. The smallest absolute Gasteiger partial charge is 0.337 e. The van der Waals surface area contributed by atoms with Gasteiger partial charge in [0.05, 0.1) is 11.1 Å². The van der Waals surface area contributed by atoms with Gasteiger partial charge in [0.25, 0.3) is 0 Å². The number of pyridine rings is 1. The molecule has 0 fully saturated rings. The largest absolute Gasteiger partial charge is 0.478 e. The number of aromatic nitrogens is 1. The molecular formula is C8H4ClNO2. The van der Waals surface area contributed by atoms with Crippen molar-refractivity contribution in [1.82, 2.24) is 4.98 Å². The molecule has 1 heterocycles. The van der Waals surface area contributed by atoms with Crippen LogP contribution < -0.4 is 0 Å². The van der Waals surface area contributed by atoms with Gasteiger partial charge in [-0.1, -0.05) is 17.5 Å². The molecule has 4 heteroatoms. The molecule has 0 spiro atoms. The summed E-state index contributed by atoms with van der Waals surface area (Å²) < 4.78 is 0. The predicted molar refractivity (Wildman–Crippen MR) is 44.1 cm³/mol. The molecule has 0 atom stereocenters. The molecule has 1 N–H and O–H groups in total. The Morgan fingerprint density at radius 1 is 1.75 bits per heavy atom. The van der Waals surface area contributed by atoms with Crippen molar-refractivity contribution in [2.45, 2.75) is 0 Å². The lowest BCUT2D eigenvalue weighted by molar-refractivity contribution is 0.0696. The first kappa shape index (κ1) is 8.57. The van der Waals surface area contributed by atoms with E-state index >= 15 is 0 Å². The number of carboxylic acids is 1. The van der Waals surface area contributed by atoms with E-state index in [1.165, 1.54) is 6.07 Å². The maximum absolute atomic E-state index is 10.4. The minimum atomic E-state index is -1.07. The predicted octanol–water partition coefficient (Wildman–Crippen LogP) is 1.41. The Morgan fingerprint density at radius 3 is 2.92 bits per heavy atom. The first-order valence-corrected chi connectivity index (χ1v) is 3.38. The van der Waals surface area contributed by atoms with Crippen LogP contribution in [-0.4, -0.2) is 16.1 Å². The van der Waals surface area contributed by atoms with Crippen LogP contribution in [0.4, 0.5) is 0 Å². The molecular weight excluding hydrogens is 178 g/mol. The quantitative estimate of drug-likeness (QED) is 0.527. The molecule has 3 nitrogen and oxygen atoms in total. The van der Waals surface area contributed by atoms with Crippen molar-refractivity contribution in [3.8, 4) is 12.3 Å². The van der Waals surface area contributed by atoms with Crippen LogP contribution in [0.2, 0.25) is 5.15 Å². The first-order chi connectivity index (χ1) is 5.65. The first-order valence-electron chi connectivity index (χ1n) is 3.00. The number of halogens is 1. The van der Waals surface area contributed by atoms with Crippen LogP contribution in [0, 0.1) is 12.3 Å². The number of carboxylic acid groups (broad SMARTS) is 1. The third-order valence-corrected chi connectivity index (χ3v) is 1.54. The van der Waals surface area contributed by atoms with Crippen LogP contribution in [0.3, 0.4) is 0 Å². The van der Waals surface area contributed by atoms with E-state index in [4.69, 9.17) is 23.1 Å². The average molecular weight is 182 g/mol. The van der Waals surface area contributed by atoms with Gasteiger partial charge in [-0.2, -0.15) is 0 Å². The monoisotopic (exact) mass is 181 g/mol. The highest BCUT2D eigenvalue weighted by Crippen LogP contribution is 2.12. The Hall–Kier alpha value is -1.53. The highest BCUT2D eigenvalue weighted by atomic mass is 35.5. The fourth-order valence-corrected chi connectivity index (χ4v) is 0.824. The summed E-state index contributed by atoms with van der Waals surface area (Å²) in [6.45, 7) is 0. The van der Waals surface area contributed by atoms with Crippen molar-refractivity contribution in [2.24, 2.45) is 0 Å². The van der Waals surface area contributed by atoms with Crippen LogP contribution in [0.25, 0.3) is 0 Å². The summed E-state index contributed by atoms with van der Waals surface area (Å²) in [6, 6.07) is 1.30. The fourth-order valence-electron chi connectivity index (χ4n) is 0.666. The second kappa shape index (κ2) is 3.24. The molecule has 0 aliphatic rings. The van der Waals surface area contributed by atoms with Gasteiger partial charge in [0.1, 0.15) is 5.15 Å². The summed E-state index contributed by atoms with van der Waals surface area (Å²) in [5.41, 5.74) is 0.323. The van der Waals surface area contributed by atoms with E-state index in [9.17, 15) is 4.79 Å². The van der Waals surface area contributed by atoms with E-state index in [0.717, 1.165) is 6.20 Å². The van der Waals surface area contributed by atoms with E-state index < -0.39 is 5.97 Å². The van der Waals surface area contributed by atoms with Gasteiger partial charge < -0.3 is 5.11 Å². The summed E-state index contributed by atoms with van der Waals surface area (Å²) in [5.74, 6) is 1.16. The lowest BCUT2D eigenvalue weighted by Crippen LogP contribution is -1.98. The molecule has 0 amide bonds. The maximum Gasteiger partial charge on any atom is 0.337 e. The van der Waals surface area contributed by atoms with Crippen LogP contribution >= 0.6 is 11.6 Å². The molecule has 0 bridgehead atoms. The molecule has 1 rings (SSSR count). The second-order valence-electron chi connectivity index (χ2n) is 2.01. The number of hydrogen-bond donors (Lipinski definition) is 1. The van der Waals surface area contributed by atoms with Gasteiger partial charge in [0.2, 0.25) is 0 Å². The number of hydrogen-bond acceptors (Lipinski definition) is 2. The van der Waals surface area contributed by atoms with Gasteiger partial charge in [0.15, 0.2) is 0 Å². The topological polar surface area (TPSA) is 50.2 Å². The van der Waals surface area contributed by atoms with Crippen molar-refractivity contribution in [2.75, 3.05) is 0 Å². The van der Waals surface area contributed by atoms with E-state index in [2.05, 4.69) is 10.9 Å².